The summed E-state index contributed by atoms with van der Waals surface area (Å²) >= 11 is 0. The molecule has 0 unspecified atom stereocenters. The lowest BCUT2D eigenvalue weighted by molar-refractivity contribution is -0.136. The van der Waals surface area contributed by atoms with Crippen LogP contribution in [0.5, 0.6) is 5.75 Å². The highest BCUT2D eigenvalue weighted by Crippen LogP contribution is 2.16. The van der Waals surface area contributed by atoms with Crippen molar-refractivity contribution in [2.45, 2.75) is 13.3 Å². The van der Waals surface area contributed by atoms with Gasteiger partial charge in [-0.3, -0.25) is 14.4 Å². The number of ether oxygens (including phenoxy) is 1. The third-order valence-electron chi connectivity index (χ3n) is 4.61. The highest BCUT2D eigenvalue weighted by Gasteiger charge is 2.14. The van der Waals surface area contributed by atoms with E-state index in [9.17, 15) is 18.8 Å². The van der Waals surface area contributed by atoms with Crippen molar-refractivity contribution >= 4 is 35.3 Å². The molecule has 0 bridgehead atoms. The van der Waals surface area contributed by atoms with Gasteiger partial charge in [0, 0.05) is 5.69 Å². The van der Waals surface area contributed by atoms with Crippen molar-refractivity contribution in [3.63, 3.8) is 0 Å². The Hall–Kier alpha value is -4.53. The number of amides is 3. The summed E-state index contributed by atoms with van der Waals surface area (Å²) in [6, 6.07) is 19.7. The summed E-state index contributed by atoms with van der Waals surface area (Å²) < 4.78 is 19.1. The zero-order valence-corrected chi connectivity index (χ0v) is 18.4. The Labute approximate surface area is 195 Å². The van der Waals surface area contributed by atoms with Crippen molar-refractivity contribution in [1.29, 1.82) is 0 Å². The number of benzene rings is 3. The van der Waals surface area contributed by atoms with E-state index in [2.05, 4.69) is 21.2 Å². The van der Waals surface area contributed by atoms with Gasteiger partial charge in [-0.25, -0.2) is 9.82 Å². The third-order valence-corrected chi connectivity index (χ3v) is 4.61. The topological polar surface area (TPSA) is 109 Å². The average molecular weight is 462 g/mol. The number of nitrogens with one attached hydrogen (secondary N) is 3. The van der Waals surface area contributed by atoms with Crippen LogP contribution >= 0.6 is 0 Å². The Morgan fingerprint density at radius 2 is 1.65 bits per heavy atom. The van der Waals surface area contributed by atoms with Crippen molar-refractivity contribution in [2.24, 2.45) is 5.10 Å². The number of hydrogen-bond acceptors (Lipinski definition) is 5. The number of aryl methyl sites for hydroxylation is 1. The number of carbonyl (C=O) groups is 3. The summed E-state index contributed by atoms with van der Waals surface area (Å²) in [4.78, 5) is 36.0. The minimum atomic E-state index is -1.06. The fourth-order valence-corrected chi connectivity index (χ4v) is 2.93. The van der Waals surface area contributed by atoms with Gasteiger partial charge in [0.15, 0.2) is 6.61 Å². The molecule has 0 radical (unpaired) electrons. The van der Waals surface area contributed by atoms with E-state index in [-0.39, 0.29) is 18.2 Å². The lowest BCUT2D eigenvalue weighted by Crippen LogP contribution is -2.32. The molecule has 9 heteroatoms. The largest absolute Gasteiger partial charge is 0.484 e. The summed E-state index contributed by atoms with van der Waals surface area (Å²) in [7, 11) is 0. The molecule has 0 saturated heterocycles. The predicted octanol–water partition coefficient (Wildman–Crippen LogP) is 3.49. The van der Waals surface area contributed by atoms with E-state index in [1.165, 1.54) is 24.4 Å². The first-order chi connectivity index (χ1) is 16.5. The SMILES string of the molecule is CCc1ccccc1NC(=O)COc1cccc(/C=N\NC(=O)C(=O)Nc2ccccc2F)c1. The van der Waals surface area contributed by atoms with Crippen molar-refractivity contribution in [2.75, 3.05) is 17.2 Å². The van der Waals surface area contributed by atoms with Gasteiger partial charge < -0.3 is 15.4 Å². The van der Waals surface area contributed by atoms with Crippen LogP contribution in [0, 0.1) is 5.82 Å². The molecule has 3 amide bonds. The number of anilines is 2. The van der Waals surface area contributed by atoms with Crippen molar-refractivity contribution in [3.05, 3.63) is 89.7 Å². The number of nitrogens with zero attached hydrogens (tertiary/aromatic N) is 1. The quantitative estimate of drug-likeness (QED) is 0.270. The minimum Gasteiger partial charge on any atom is -0.484 e. The van der Waals surface area contributed by atoms with E-state index in [1.807, 2.05) is 31.2 Å². The maximum atomic E-state index is 13.6. The van der Waals surface area contributed by atoms with Gasteiger partial charge in [0.05, 0.1) is 11.9 Å². The summed E-state index contributed by atoms with van der Waals surface area (Å²) in [6.45, 7) is 1.82. The molecule has 3 aromatic carbocycles. The number of rotatable bonds is 8. The monoisotopic (exact) mass is 462 g/mol. The molecule has 0 atom stereocenters. The van der Waals surface area contributed by atoms with Crippen LogP contribution in [0.15, 0.2) is 77.9 Å². The van der Waals surface area contributed by atoms with Gasteiger partial charge in [0.2, 0.25) is 0 Å². The minimum absolute atomic E-state index is 0.112. The summed E-state index contributed by atoms with van der Waals surface area (Å²) in [5.41, 5.74) is 4.29. The number of hydrogen-bond donors (Lipinski definition) is 3. The van der Waals surface area contributed by atoms with Gasteiger partial charge in [-0.1, -0.05) is 49.4 Å². The number of para-hydroxylation sites is 2. The molecule has 0 saturated carbocycles. The summed E-state index contributed by atoms with van der Waals surface area (Å²) in [5, 5.41) is 8.71. The zero-order chi connectivity index (χ0) is 24.3. The smallest absolute Gasteiger partial charge is 0.329 e. The molecule has 0 aliphatic carbocycles. The van der Waals surface area contributed by atoms with Crippen molar-refractivity contribution < 1.29 is 23.5 Å². The Morgan fingerprint density at radius 1 is 0.912 bits per heavy atom. The Bertz CT molecular complexity index is 1210. The number of carbonyl (C=O) groups excluding carboxylic acids is 3. The fourth-order valence-electron chi connectivity index (χ4n) is 2.93. The van der Waals surface area contributed by atoms with Crippen LogP contribution in [-0.4, -0.2) is 30.5 Å². The van der Waals surface area contributed by atoms with Crippen LogP contribution in [0.25, 0.3) is 0 Å². The fraction of sp³-hybridized carbons (Fsp3) is 0.120. The van der Waals surface area contributed by atoms with Gasteiger partial charge >= 0.3 is 11.8 Å². The Morgan fingerprint density at radius 3 is 2.41 bits per heavy atom. The molecular formula is C25H23FN4O4. The highest BCUT2D eigenvalue weighted by atomic mass is 19.1. The highest BCUT2D eigenvalue weighted by molar-refractivity contribution is 6.39. The van der Waals surface area contributed by atoms with Gasteiger partial charge in [0.1, 0.15) is 11.6 Å². The maximum absolute atomic E-state index is 13.6. The van der Waals surface area contributed by atoms with Crippen molar-refractivity contribution in [1.82, 2.24) is 5.43 Å². The molecule has 34 heavy (non-hydrogen) atoms. The van der Waals surface area contributed by atoms with Crippen LogP contribution in [0.4, 0.5) is 15.8 Å². The first-order valence-corrected chi connectivity index (χ1v) is 10.5. The van der Waals surface area contributed by atoms with Crippen LogP contribution < -0.4 is 20.8 Å². The first-order valence-electron chi connectivity index (χ1n) is 10.5. The van der Waals surface area contributed by atoms with Gasteiger partial charge in [-0.2, -0.15) is 5.10 Å². The Kier molecular flexibility index (Phi) is 8.45. The molecule has 3 N–H and O–H groups in total. The molecule has 8 nitrogen and oxygen atoms in total. The second-order valence-corrected chi connectivity index (χ2v) is 7.05. The van der Waals surface area contributed by atoms with Gasteiger partial charge in [-0.05, 0) is 47.9 Å². The first kappa shape index (κ1) is 24.1. The summed E-state index contributed by atoms with van der Waals surface area (Å²) in [6.07, 6.45) is 2.10. The number of hydrazone groups is 1. The lowest BCUT2D eigenvalue weighted by Gasteiger charge is -2.10. The standard InChI is InChI=1S/C25H23FN4O4/c1-2-18-9-3-5-12-21(18)28-23(31)16-34-19-10-7-8-17(14-19)15-27-30-25(33)24(32)29-22-13-6-4-11-20(22)26/h3-15H,2,16H2,1H3,(H,28,31)(H,29,32)(H,30,33)/b27-15-. The van der Waals surface area contributed by atoms with E-state index in [4.69, 9.17) is 4.74 Å². The number of halogens is 1. The van der Waals surface area contributed by atoms with E-state index in [0.717, 1.165) is 23.7 Å². The third kappa shape index (κ3) is 6.99. The molecule has 0 fully saturated rings. The molecule has 174 valence electrons. The van der Waals surface area contributed by atoms with Crippen LogP contribution in [0.3, 0.4) is 0 Å². The lowest BCUT2D eigenvalue weighted by atomic mass is 10.1. The average Bonchev–Trinajstić information content (AvgIpc) is 2.84. The molecule has 0 spiro atoms. The molecule has 0 heterocycles. The Balaban J connectivity index is 1.50. The van der Waals surface area contributed by atoms with Gasteiger partial charge in [0.25, 0.3) is 5.91 Å². The second-order valence-electron chi connectivity index (χ2n) is 7.05. The molecule has 0 aliphatic rings. The molecule has 3 aromatic rings. The van der Waals surface area contributed by atoms with E-state index >= 15 is 0 Å². The molecule has 3 rings (SSSR count). The molecular weight excluding hydrogens is 439 g/mol. The van der Waals surface area contributed by atoms with E-state index in [1.54, 1.807) is 24.3 Å². The normalized spacial score (nSPS) is 10.5. The van der Waals surface area contributed by atoms with Crippen LogP contribution in [0.1, 0.15) is 18.1 Å². The predicted molar refractivity (Wildman–Crippen MR) is 127 cm³/mol. The molecule has 0 aliphatic heterocycles. The van der Waals surface area contributed by atoms with Gasteiger partial charge in [-0.15, -0.1) is 0 Å². The van der Waals surface area contributed by atoms with Crippen molar-refractivity contribution in [3.8, 4) is 5.75 Å². The summed E-state index contributed by atoms with van der Waals surface area (Å²) in [5.74, 6) is -2.65. The maximum Gasteiger partial charge on any atom is 0.329 e. The van der Waals surface area contributed by atoms with Crippen LogP contribution in [0.2, 0.25) is 0 Å². The van der Waals surface area contributed by atoms with E-state index in [0.29, 0.717) is 11.3 Å². The second kappa shape index (κ2) is 11.9. The van der Waals surface area contributed by atoms with E-state index < -0.39 is 17.6 Å². The zero-order valence-electron chi connectivity index (χ0n) is 18.4. The molecule has 0 aromatic heterocycles. The van der Waals surface area contributed by atoms with Crippen LogP contribution in [-0.2, 0) is 20.8 Å².